The smallest absolute Gasteiger partial charge is 0.227 e. The molecule has 0 bridgehead atoms. The average molecular weight is 254 g/mol. The first-order valence-corrected chi connectivity index (χ1v) is 7.30. The number of amides is 1. The molecule has 2 aliphatic rings. The molecule has 3 atom stereocenters. The van der Waals surface area contributed by atoms with Crippen LogP contribution in [0.4, 0.5) is 0 Å². The Morgan fingerprint density at radius 3 is 2.72 bits per heavy atom. The van der Waals surface area contributed by atoms with E-state index in [1.807, 2.05) is 11.9 Å². The molecule has 3 unspecified atom stereocenters. The summed E-state index contributed by atoms with van der Waals surface area (Å²) in [6, 6.07) is 0.0481. The number of nitrogens with zero attached hydrogens (tertiary/aromatic N) is 1. The van der Waals surface area contributed by atoms with Crippen LogP contribution in [0, 0.1) is 5.92 Å². The summed E-state index contributed by atoms with van der Waals surface area (Å²) in [7, 11) is 1.89. The van der Waals surface area contributed by atoms with Gasteiger partial charge in [0.1, 0.15) is 0 Å². The van der Waals surface area contributed by atoms with E-state index in [0.717, 1.165) is 45.3 Å². The lowest BCUT2D eigenvalue weighted by Gasteiger charge is -2.28. The number of hydrogen-bond donors (Lipinski definition) is 1. The largest absolute Gasteiger partial charge is 0.376 e. The second-order valence-corrected chi connectivity index (χ2v) is 5.76. The van der Waals surface area contributed by atoms with Crippen molar-refractivity contribution in [2.45, 2.75) is 57.1 Å². The molecule has 0 spiro atoms. The maximum atomic E-state index is 12.4. The number of rotatable bonds is 3. The van der Waals surface area contributed by atoms with Crippen molar-refractivity contribution in [3.8, 4) is 0 Å². The minimum atomic E-state index is 0.0268. The Labute approximate surface area is 110 Å². The molecule has 0 aromatic rings. The van der Waals surface area contributed by atoms with E-state index in [-0.39, 0.29) is 24.0 Å². The van der Waals surface area contributed by atoms with Crippen molar-refractivity contribution in [2.24, 2.45) is 11.7 Å². The van der Waals surface area contributed by atoms with Gasteiger partial charge in [0.25, 0.3) is 0 Å². The van der Waals surface area contributed by atoms with Crippen LogP contribution in [0.1, 0.15) is 44.9 Å². The third-order valence-electron chi connectivity index (χ3n) is 4.26. The molecule has 1 saturated carbocycles. The first-order valence-electron chi connectivity index (χ1n) is 7.30. The summed E-state index contributed by atoms with van der Waals surface area (Å²) in [5.41, 5.74) is 6.15. The van der Waals surface area contributed by atoms with E-state index >= 15 is 0 Å². The quantitative estimate of drug-likeness (QED) is 0.777. The van der Waals surface area contributed by atoms with E-state index in [2.05, 4.69) is 0 Å². The van der Waals surface area contributed by atoms with Crippen LogP contribution in [0.5, 0.6) is 0 Å². The number of likely N-dealkylation sites (N-methyl/N-ethyl adjacent to an activating group) is 1. The van der Waals surface area contributed by atoms with Crippen molar-refractivity contribution in [3.63, 3.8) is 0 Å². The Hall–Kier alpha value is -0.610. The summed E-state index contributed by atoms with van der Waals surface area (Å²) < 4.78 is 5.59. The number of carbonyl (C=O) groups excluding carboxylic acids is 1. The Morgan fingerprint density at radius 2 is 2.00 bits per heavy atom. The zero-order chi connectivity index (χ0) is 13.0. The van der Waals surface area contributed by atoms with Crippen LogP contribution in [0.15, 0.2) is 0 Å². The zero-order valence-electron chi connectivity index (χ0n) is 11.4. The molecule has 1 heterocycles. The van der Waals surface area contributed by atoms with Gasteiger partial charge < -0.3 is 15.4 Å². The Balaban J connectivity index is 1.87. The van der Waals surface area contributed by atoms with E-state index in [0.29, 0.717) is 0 Å². The van der Waals surface area contributed by atoms with Crippen molar-refractivity contribution in [1.29, 1.82) is 0 Å². The minimum Gasteiger partial charge on any atom is -0.376 e. The molecule has 1 amide bonds. The molecule has 4 nitrogen and oxygen atoms in total. The summed E-state index contributed by atoms with van der Waals surface area (Å²) >= 11 is 0. The summed E-state index contributed by atoms with van der Waals surface area (Å²) in [5, 5.41) is 0. The van der Waals surface area contributed by atoms with Gasteiger partial charge in [-0.1, -0.05) is 19.3 Å². The maximum absolute atomic E-state index is 12.4. The van der Waals surface area contributed by atoms with Crippen LogP contribution >= 0.6 is 0 Å². The molecule has 18 heavy (non-hydrogen) atoms. The average Bonchev–Trinajstić information content (AvgIpc) is 2.76. The first kappa shape index (κ1) is 13.8. The van der Waals surface area contributed by atoms with Gasteiger partial charge in [0.05, 0.1) is 12.0 Å². The van der Waals surface area contributed by atoms with Gasteiger partial charge in [-0.2, -0.15) is 0 Å². The third-order valence-corrected chi connectivity index (χ3v) is 4.26. The van der Waals surface area contributed by atoms with Crippen molar-refractivity contribution in [2.75, 3.05) is 20.2 Å². The SMILES string of the molecule is CN(CC1CCCO1)C(=O)C1CCCCCC1N. The fourth-order valence-electron chi connectivity index (χ4n) is 3.11. The normalized spacial score (nSPS) is 33.1. The summed E-state index contributed by atoms with van der Waals surface area (Å²) in [5.74, 6) is 0.249. The van der Waals surface area contributed by atoms with Gasteiger partial charge >= 0.3 is 0 Å². The molecule has 0 radical (unpaired) electrons. The van der Waals surface area contributed by atoms with E-state index in [9.17, 15) is 4.79 Å². The minimum absolute atomic E-state index is 0.0268. The number of nitrogens with two attached hydrogens (primary N) is 1. The van der Waals surface area contributed by atoms with E-state index < -0.39 is 0 Å². The highest BCUT2D eigenvalue weighted by molar-refractivity contribution is 5.79. The highest BCUT2D eigenvalue weighted by Gasteiger charge is 2.30. The highest BCUT2D eigenvalue weighted by atomic mass is 16.5. The van der Waals surface area contributed by atoms with Gasteiger partial charge in [-0.3, -0.25) is 4.79 Å². The third kappa shape index (κ3) is 3.45. The lowest BCUT2D eigenvalue weighted by molar-refractivity contribution is -0.136. The fourth-order valence-corrected chi connectivity index (χ4v) is 3.11. The predicted octanol–water partition coefficient (Wildman–Crippen LogP) is 1.53. The van der Waals surface area contributed by atoms with E-state index in [4.69, 9.17) is 10.5 Å². The molecule has 104 valence electrons. The van der Waals surface area contributed by atoms with Gasteiger partial charge in [0.15, 0.2) is 0 Å². The van der Waals surface area contributed by atoms with Crippen LogP contribution in [0.2, 0.25) is 0 Å². The molecule has 1 saturated heterocycles. The van der Waals surface area contributed by atoms with Crippen LogP contribution in [0.3, 0.4) is 0 Å². The zero-order valence-corrected chi connectivity index (χ0v) is 11.4. The Kier molecular flexibility index (Phi) is 5.01. The topological polar surface area (TPSA) is 55.6 Å². The van der Waals surface area contributed by atoms with Gasteiger partial charge in [0.2, 0.25) is 5.91 Å². The highest BCUT2D eigenvalue weighted by Crippen LogP contribution is 2.24. The van der Waals surface area contributed by atoms with E-state index in [1.54, 1.807) is 0 Å². The predicted molar refractivity (Wildman–Crippen MR) is 71.2 cm³/mol. The summed E-state index contributed by atoms with van der Waals surface area (Å²) in [6.07, 6.45) is 7.90. The van der Waals surface area contributed by atoms with Gasteiger partial charge in [-0.25, -0.2) is 0 Å². The molecule has 0 aromatic carbocycles. The van der Waals surface area contributed by atoms with E-state index in [1.165, 1.54) is 12.8 Å². The van der Waals surface area contributed by atoms with Crippen LogP contribution in [0.25, 0.3) is 0 Å². The number of hydrogen-bond acceptors (Lipinski definition) is 3. The van der Waals surface area contributed by atoms with Crippen molar-refractivity contribution >= 4 is 5.91 Å². The summed E-state index contributed by atoms with van der Waals surface area (Å²) in [6.45, 7) is 1.57. The molecule has 2 fully saturated rings. The van der Waals surface area contributed by atoms with Gasteiger partial charge in [0, 0.05) is 26.2 Å². The lowest BCUT2D eigenvalue weighted by Crippen LogP contribution is -2.44. The number of ether oxygens (including phenoxy) is 1. The van der Waals surface area contributed by atoms with Crippen molar-refractivity contribution < 1.29 is 9.53 Å². The monoisotopic (exact) mass is 254 g/mol. The molecule has 0 aromatic heterocycles. The number of carbonyl (C=O) groups is 1. The molecule has 2 N–H and O–H groups in total. The summed E-state index contributed by atoms with van der Waals surface area (Å²) in [4.78, 5) is 14.3. The van der Waals surface area contributed by atoms with Gasteiger partial charge in [-0.15, -0.1) is 0 Å². The second kappa shape index (κ2) is 6.53. The standard InChI is InChI=1S/C14H26N2O2/c1-16(10-11-6-5-9-18-11)14(17)12-7-3-2-4-8-13(12)15/h11-13H,2-10,15H2,1H3. The van der Waals surface area contributed by atoms with Crippen LogP contribution in [-0.2, 0) is 9.53 Å². The second-order valence-electron chi connectivity index (χ2n) is 5.76. The van der Waals surface area contributed by atoms with Crippen molar-refractivity contribution in [1.82, 2.24) is 4.90 Å². The van der Waals surface area contributed by atoms with Gasteiger partial charge in [-0.05, 0) is 25.7 Å². The van der Waals surface area contributed by atoms with Crippen LogP contribution < -0.4 is 5.73 Å². The Morgan fingerprint density at radius 1 is 1.22 bits per heavy atom. The first-order chi connectivity index (χ1) is 8.68. The fraction of sp³-hybridized carbons (Fsp3) is 0.929. The molecule has 1 aliphatic heterocycles. The molecule has 2 rings (SSSR count). The lowest BCUT2D eigenvalue weighted by atomic mass is 9.94. The molecular formula is C14H26N2O2. The Bertz CT molecular complexity index is 277. The van der Waals surface area contributed by atoms with Crippen LogP contribution in [-0.4, -0.2) is 43.2 Å². The molecule has 4 heteroatoms. The van der Waals surface area contributed by atoms with Crippen molar-refractivity contribution in [3.05, 3.63) is 0 Å². The molecular weight excluding hydrogens is 228 g/mol. The maximum Gasteiger partial charge on any atom is 0.227 e. The molecule has 1 aliphatic carbocycles.